The Morgan fingerprint density at radius 1 is 1.11 bits per heavy atom. The second-order valence-electron chi connectivity index (χ2n) is 7.00. The summed E-state index contributed by atoms with van der Waals surface area (Å²) in [6, 6.07) is 18.3. The van der Waals surface area contributed by atoms with Gasteiger partial charge in [-0.1, -0.05) is 48.0 Å². The number of para-hydroxylation sites is 1. The van der Waals surface area contributed by atoms with E-state index >= 15 is 0 Å². The van der Waals surface area contributed by atoms with Crippen molar-refractivity contribution in [2.24, 2.45) is 0 Å². The molecule has 0 bridgehead atoms. The quantitative estimate of drug-likeness (QED) is 0.682. The maximum Gasteiger partial charge on any atom is 0.254 e. The number of rotatable bonds is 3. The van der Waals surface area contributed by atoms with Crippen LogP contribution in [0.4, 0.5) is 0 Å². The first-order chi connectivity index (χ1) is 12.6. The van der Waals surface area contributed by atoms with Gasteiger partial charge in [-0.05, 0) is 32.0 Å². The fourth-order valence-corrected chi connectivity index (χ4v) is 3.55. The molecule has 148 valence electrons. The van der Waals surface area contributed by atoms with Gasteiger partial charge in [0.05, 0.1) is 16.8 Å². The number of likely N-dealkylation sites (N-methyl/N-ethyl adjacent to an activating group) is 1. The van der Waals surface area contributed by atoms with E-state index in [-0.39, 0.29) is 36.8 Å². The molecule has 1 saturated heterocycles. The van der Waals surface area contributed by atoms with E-state index in [1.54, 1.807) is 0 Å². The number of nitrogens with zero attached hydrogens (tertiary/aromatic N) is 2. The van der Waals surface area contributed by atoms with Crippen LogP contribution < -0.4 is 5.32 Å². The summed E-state index contributed by atoms with van der Waals surface area (Å²) in [6.45, 7) is 3.89. The van der Waals surface area contributed by atoms with Crippen molar-refractivity contribution in [2.75, 3.05) is 20.1 Å². The molecule has 1 aliphatic heterocycles. The zero-order valence-electron chi connectivity index (χ0n) is 16.0. The normalized spacial score (nSPS) is 15.6. The molecule has 1 aliphatic rings. The third-order valence-electron chi connectivity index (χ3n) is 5.20. The first-order valence-electron chi connectivity index (χ1n) is 9.08. The Labute approximate surface area is 178 Å². The molecule has 0 aliphatic carbocycles. The average molecular weight is 418 g/mol. The van der Waals surface area contributed by atoms with Gasteiger partial charge in [-0.15, -0.1) is 24.8 Å². The number of fused-ring (bicyclic) bond motifs is 1. The number of aromatic nitrogens is 1. The predicted octanol–water partition coefficient (Wildman–Crippen LogP) is 4.49. The summed E-state index contributed by atoms with van der Waals surface area (Å²) in [5.74, 6) is 0.0608. The van der Waals surface area contributed by atoms with Crippen LogP contribution in [0.3, 0.4) is 0 Å². The van der Waals surface area contributed by atoms with Crippen LogP contribution >= 0.6 is 24.8 Å². The van der Waals surface area contributed by atoms with Crippen LogP contribution in [0, 0.1) is 6.92 Å². The van der Waals surface area contributed by atoms with E-state index in [0.29, 0.717) is 0 Å². The Morgan fingerprint density at radius 3 is 2.50 bits per heavy atom. The molecule has 4 nitrogen and oxygen atoms in total. The van der Waals surface area contributed by atoms with Crippen molar-refractivity contribution in [2.45, 2.75) is 19.4 Å². The number of carbonyl (C=O) groups excluding carboxylic acids is 1. The highest BCUT2D eigenvalue weighted by Crippen LogP contribution is 2.26. The summed E-state index contributed by atoms with van der Waals surface area (Å²) in [7, 11) is 1.90. The zero-order valence-corrected chi connectivity index (χ0v) is 17.6. The molecule has 4 rings (SSSR count). The van der Waals surface area contributed by atoms with Crippen molar-refractivity contribution in [1.29, 1.82) is 0 Å². The summed E-state index contributed by atoms with van der Waals surface area (Å²) in [4.78, 5) is 19.9. The van der Waals surface area contributed by atoms with Crippen molar-refractivity contribution in [1.82, 2.24) is 15.2 Å². The van der Waals surface area contributed by atoms with E-state index in [1.807, 2.05) is 42.3 Å². The maximum atomic E-state index is 13.3. The summed E-state index contributed by atoms with van der Waals surface area (Å²) >= 11 is 0. The number of pyridine rings is 1. The highest BCUT2D eigenvalue weighted by atomic mass is 35.5. The first kappa shape index (κ1) is 22.2. The molecule has 6 heteroatoms. The van der Waals surface area contributed by atoms with E-state index in [2.05, 4.69) is 36.5 Å². The van der Waals surface area contributed by atoms with Crippen molar-refractivity contribution >= 4 is 41.6 Å². The van der Waals surface area contributed by atoms with Crippen LogP contribution in [0.1, 0.15) is 22.3 Å². The molecule has 3 aromatic rings. The molecule has 1 fully saturated rings. The maximum absolute atomic E-state index is 13.3. The molecule has 1 aromatic heterocycles. The minimum Gasteiger partial charge on any atom is -0.337 e. The average Bonchev–Trinajstić information content (AvgIpc) is 3.21. The van der Waals surface area contributed by atoms with Gasteiger partial charge < -0.3 is 10.2 Å². The van der Waals surface area contributed by atoms with Crippen LogP contribution in [-0.2, 0) is 0 Å². The van der Waals surface area contributed by atoms with Gasteiger partial charge in [0.15, 0.2) is 0 Å². The van der Waals surface area contributed by atoms with Crippen molar-refractivity contribution < 1.29 is 4.79 Å². The Balaban J connectivity index is 0.00000140. The SMILES string of the molecule is Cc1ccc(-c2cc(C(=O)N(C)C3CCNC3)c3ccccc3n2)cc1.Cl.Cl. The highest BCUT2D eigenvalue weighted by molar-refractivity contribution is 6.07. The molecule has 2 heterocycles. The lowest BCUT2D eigenvalue weighted by atomic mass is 10.0. The third-order valence-corrected chi connectivity index (χ3v) is 5.20. The minimum absolute atomic E-state index is 0. The number of aryl methyl sites for hydroxylation is 1. The molecule has 28 heavy (non-hydrogen) atoms. The van der Waals surface area contributed by atoms with Gasteiger partial charge in [0, 0.05) is 30.6 Å². The largest absolute Gasteiger partial charge is 0.337 e. The molecule has 0 saturated carbocycles. The number of halogens is 2. The topological polar surface area (TPSA) is 45.2 Å². The molecule has 1 atom stereocenters. The van der Waals surface area contributed by atoms with Gasteiger partial charge >= 0.3 is 0 Å². The number of hydrogen-bond donors (Lipinski definition) is 1. The second kappa shape index (κ2) is 9.37. The van der Waals surface area contributed by atoms with Crippen LogP contribution in [0.15, 0.2) is 54.6 Å². The van der Waals surface area contributed by atoms with Gasteiger partial charge in [0.1, 0.15) is 0 Å². The van der Waals surface area contributed by atoms with Crippen molar-refractivity contribution in [3.8, 4) is 11.3 Å². The predicted molar refractivity (Wildman–Crippen MR) is 120 cm³/mol. The van der Waals surface area contributed by atoms with Crippen molar-refractivity contribution in [3.05, 3.63) is 65.7 Å². The number of amides is 1. The van der Waals surface area contributed by atoms with E-state index in [4.69, 9.17) is 4.98 Å². The lowest BCUT2D eigenvalue weighted by Crippen LogP contribution is -2.38. The lowest BCUT2D eigenvalue weighted by molar-refractivity contribution is 0.0745. The fraction of sp³-hybridized carbons (Fsp3) is 0.273. The zero-order chi connectivity index (χ0) is 18.1. The molecule has 2 aromatic carbocycles. The number of benzene rings is 2. The summed E-state index contributed by atoms with van der Waals surface area (Å²) < 4.78 is 0. The Bertz CT molecular complexity index is 954. The van der Waals surface area contributed by atoms with E-state index in [1.165, 1.54) is 5.56 Å². The highest BCUT2D eigenvalue weighted by Gasteiger charge is 2.25. The minimum atomic E-state index is 0. The number of hydrogen-bond acceptors (Lipinski definition) is 3. The van der Waals surface area contributed by atoms with E-state index in [0.717, 1.165) is 47.2 Å². The lowest BCUT2D eigenvalue weighted by Gasteiger charge is -2.24. The summed E-state index contributed by atoms with van der Waals surface area (Å²) in [6.07, 6.45) is 0.996. The van der Waals surface area contributed by atoms with E-state index in [9.17, 15) is 4.79 Å². The molecular weight excluding hydrogens is 393 g/mol. The molecule has 1 N–H and O–H groups in total. The molecule has 0 radical (unpaired) electrons. The number of nitrogens with one attached hydrogen (secondary N) is 1. The van der Waals surface area contributed by atoms with E-state index < -0.39 is 0 Å². The van der Waals surface area contributed by atoms with Crippen LogP contribution in [0.5, 0.6) is 0 Å². The number of carbonyl (C=O) groups is 1. The molecular formula is C22H25Cl2N3O. The monoisotopic (exact) mass is 417 g/mol. The standard InChI is InChI=1S/C22H23N3O.2ClH/c1-15-7-9-16(10-8-15)21-13-19(18-5-3-4-6-20(18)24-21)22(26)25(2)17-11-12-23-14-17;;/h3-10,13,17,23H,11-12,14H2,1-2H3;2*1H. The first-order valence-corrected chi connectivity index (χ1v) is 9.08. The van der Waals surface area contributed by atoms with Gasteiger partial charge in [-0.25, -0.2) is 4.98 Å². The van der Waals surface area contributed by atoms with Gasteiger partial charge in [-0.3, -0.25) is 4.79 Å². The third kappa shape index (κ3) is 4.30. The van der Waals surface area contributed by atoms with Crippen LogP contribution in [0.2, 0.25) is 0 Å². The Morgan fingerprint density at radius 2 is 1.82 bits per heavy atom. The molecule has 0 spiro atoms. The molecule has 1 unspecified atom stereocenters. The fourth-order valence-electron chi connectivity index (χ4n) is 3.55. The van der Waals surface area contributed by atoms with Gasteiger partial charge in [0.25, 0.3) is 5.91 Å². The van der Waals surface area contributed by atoms with Crippen molar-refractivity contribution in [3.63, 3.8) is 0 Å². The van der Waals surface area contributed by atoms with Crippen LogP contribution in [-0.4, -0.2) is 42.0 Å². The smallest absolute Gasteiger partial charge is 0.254 e. The van der Waals surface area contributed by atoms with Gasteiger partial charge in [0.2, 0.25) is 0 Å². The summed E-state index contributed by atoms with van der Waals surface area (Å²) in [5, 5.41) is 4.24. The Kier molecular flexibility index (Phi) is 7.41. The molecule has 1 amide bonds. The summed E-state index contributed by atoms with van der Waals surface area (Å²) in [5.41, 5.74) is 4.65. The van der Waals surface area contributed by atoms with Crippen LogP contribution in [0.25, 0.3) is 22.2 Å². The second-order valence-corrected chi connectivity index (χ2v) is 7.00. The van der Waals surface area contributed by atoms with Gasteiger partial charge in [-0.2, -0.15) is 0 Å². The Hall–Kier alpha value is -2.14.